The van der Waals surface area contributed by atoms with Gasteiger partial charge in [0.1, 0.15) is 11.5 Å². The second-order valence-corrected chi connectivity index (χ2v) is 6.02. The summed E-state index contributed by atoms with van der Waals surface area (Å²) in [4.78, 5) is 21.0. The highest BCUT2D eigenvalue weighted by Crippen LogP contribution is 2.34. The average Bonchev–Trinajstić information content (AvgIpc) is 3.16. The standard InChI is InChI=1S/C16H17N3O2S/c1-10(20)13-3-4-14(22-13)12-9-15(17-7-8-21-2)19-16-11(12)5-6-18-16/h3-6,9H,7-8H2,1-2H3,(H2,17,18,19). The van der Waals surface area contributed by atoms with Crippen LogP contribution in [0.25, 0.3) is 21.5 Å². The molecule has 5 nitrogen and oxygen atoms in total. The molecule has 0 aliphatic rings. The minimum Gasteiger partial charge on any atom is -0.383 e. The van der Waals surface area contributed by atoms with Gasteiger partial charge >= 0.3 is 0 Å². The van der Waals surface area contributed by atoms with E-state index in [9.17, 15) is 4.79 Å². The van der Waals surface area contributed by atoms with Crippen LogP contribution in [0.3, 0.4) is 0 Å². The van der Waals surface area contributed by atoms with Crippen molar-refractivity contribution in [3.63, 3.8) is 0 Å². The van der Waals surface area contributed by atoms with Crippen LogP contribution >= 0.6 is 11.3 Å². The number of ketones is 1. The predicted octanol–water partition coefficient (Wildman–Crippen LogP) is 3.55. The number of hydrogen-bond acceptors (Lipinski definition) is 5. The number of pyridine rings is 1. The first kappa shape index (κ1) is 14.7. The van der Waals surface area contributed by atoms with Crippen molar-refractivity contribution in [1.82, 2.24) is 9.97 Å². The third-order valence-corrected chi connectivity index (χ3v) is 4.58. The molecule has 0 radical (unpaired) electrons. The number of nitrogens with one attached hydrogen (secondary N) is 2. The van der Waals surface area contributed by atoms with Crippen molar-refractivity contribution in [3.8, 4) is 10.4 Å². The lowest BCUT2D eigenvalue weighted by Crippen LogP contribution is -2.08. The number of H-pyrrole nitrogens is 1. The lowest BCUT2D eigenvalue weighted by Gasteiger charge is -2.08. The Labute approximate surface area is 132 Å². The summed E-state index contributed by atoms with van der Waals surface area (Å²) in [5.41, 5.74) is 1.90. The highest BCUT2D eigenvalue weighted by molar-refractivity contribution is 7.17. The van der Waals surface area contributed by atoms with Gasteiger partial charge < -0.3 is 15.0 Å². The summed E-state index contributed by atoms with van der Waals surface area (Å²) in [5, 5.41) is 4.30. The van der Waals surface area contributed by atoms with Crippen molar-refractivity contribution in [2.75, 3.05) is 25.6 Å². The largest absolute Gasteiger partial charge is 0.383 e. The zero-order valence-corrected chi connectivity index (χ0v) is 13.3. The Morgan fingerprint density at radius 2 is 2.27 bits per heavy atom. The van der Waals surface area contributed by atoms with Crippen LogP contribution in [-0.4, -0.2) is 36.0 Å². The van der Waals surface area contributed by atoms with Gasteiger partial charge in [0, 0.05) is 35.7 Å². The van der Waals surface area contributed by atoms with E-state index < -0.39 is 0 Å². The summed E-state index contributed by atoms with van der Waals surface area (Å²) in [5.74, 6) is 0.883. The summed E-state index contributed by atoms with van der Waals surface area (Å²) in [6.45, 7) is 2.90. The molecule has 3 aromatic heterocycles. The molecule has 0 aliphatic heterocycles. The first-order valence-electron chi connectivity index (χ1n) is 7.01. The number of thiophene rings is 1. The lowest BCUT2D eigenvalue weighted by atomic mass is 10.1. The van der Waals surface area contributed by atoms with E-state index in [1.165, 1.54) is 11.3 Å². The summed E-state index contributed by atoms with van der Waals surface area (Å²) < 4.78 is 5.05. The van der Waals surface area contributed by atoms with Gasteiger partial charge in [-0.15, -0.1) is 11.3 Å². The van der Waals surface area contributed by atoms with E-state index in [0.29, 0.717) is 13.2 Å². The van der Waals surface area contributed by atoms with Crippen LogP contribution in [0.15, 0.2) is 30.5 Å². The highest BCUT2D eigenvalue weighted by Gasteiger charge is 2.12. The van der Waals surface area contributed by atoms with Crippen LogP contribution in [0, 0.1) is 0 Å². The van der Waals surface area contributed by atoms with E-state index >= 15 is 0 Å². The van der Waals surface area contributed by atoms with Gasteiger partial charge in [0.25, 0.3) is 0 Å². The Bertz CT molecular complexity index is 807. The van der Waals surface area contributed by atoms with Crippen LogP contribution < -0.4 is 5.32 Å². The Hall–Kier alpha value is -2.18. The summed E-state index contributed by atoms with van der Waals surface area (Å²) in [6, 6.07) is 7.88. The number of methoxy groups -OCH3 is 1. The molecule has 0 saturated heterocycles. The van der Waals surface area contributed by atoms with Gasteiger partial charge in [-0.05, 0) is 31.2 Å². The molecule has 0 unspecified atom stereocenters. The highest BCUT2D eigenvalue weighted by atomic mass is 32.1. The molecular weight excluding hydrogens is 298 g/mol. The number of Topliss-reactive ketones (excluding diaryl/α,β-unsaturated/α-hetero) is 1. The molecular formula is C16H17N3O2S. The molecule has 0 aliphatic carbocycles. The number of ether oxygens (including phenoxy) is 1. The van der Waals surface area contributed by atoms with Gasteiger partial charge in [-0.2, -0.15) is 0 Å². The fourth-order valence-electron chi connectivity index (χ4n) is 2.29. The van der Waals surface area contributed by atoms with Crippen LogP contribution in [0.5, 0.6) is 0 Å². The molecule has 2 N–H and O–H groups in total. The van der Waals surface area contributed by atoms with E-state index in [1.807, 2.05) is 30.5 Å². The van der Waals surface area contributed by atoms with Crippen LogP contribution in [0.4, 0.5) is 5.82 Å². The van der Waals surface area contributed by atoms with E-state index in [4.69, 9.17) is 4.74 Å². The van der Waals surface area contributed by atoms with E-state index in [2.05, 4.69) is 15.3 Å². The van der Waals surface area contributed by atoms with Crippen molar-refractivity contribution in [1.29, 1.82) is 0 Å². The predicted molar refractivity (Wildman–Crippen MR) is 89.8 cm³/mol. The first-order chi connectivity index (χ1) is 10.7. The smallest absolute Gasteiger partial charge is 0.169 e. The van der Waals surface area contributed by atoms with Gasteiger partial charge in [0.2, 0.25) is 0 Å². The van der Waals surface area contributed by atoms with Crippen molar-refractivity contribution >= 4 is 34.0 Å². The second-order valence-electron chi connectivity index (χ2n) is 4.93. The van der Waals surface area contributed by atoms with Crippen molar-refractivity contribution < 1.29 is 9.53 Å². The van der Waals surface area contributed by atoms with Crippen LogP contribution in [0.1, 0.15) is 16.6 Å². The molecule has 3 rings (SSSR count). The number of hydrogen-bond donors (Lipinski definition) is 2. The Balaban J connectivity index is 2.02. The number of carbonyl (C=O) groups is 1. The topological polar surface area (TPSA) is 67.0 Å². The maximum Gasteiger partial charge on any atom is 0.169 e. The van der Waals surface area contributed by atoms with E-state index in [0.717, 1.165) is 32.2 Å². The maximum absolute atomic E-state index is 11.5. The van der Waals surface area contributed by atoms with E-state index in [-0.39, 0.29) is 5.78 Å². The number of aromatic amines is 1. The molecule has 114 valence electrons. The molecule has 0 spiro atoms. The monoisotopic (exact) mass is 315 g/mol. The molecule has 3 aromatic rings. The normalized spacial score (nSPS) is 11.0. The van der Waals surface area contributed by atoms with Crippen molar-refractivity contribution in [2.24, 2.45) is 0 Å². The first-order valence-corrected chi connectivity index (χ1v) is 7.83. The van der Waals surface area contributed by atoms with Gasteiger partial charge in [-0.3, -0.25) is 4.79 Å². The third-order valence-electron chi connectivity index (χ3n) is 3.36. The zero-order chi connectivity index (χ0) is 15.5. The van der Waals surface area contributed by atoms with Gasteiger partial charge in [-0.1, -0.05) is 0 Å². The number of aromatic nitrogens is 2. The Kier molecular flexibility index (Phi) is 4.22. The average molecular weight is 315 g/mol. The molecule has 0 bridgehead atoms. The molecule has 0 saturated carbocycles. The summed E-state index contributed by atoms with van der Waals surface area (Å²) in [7, 11) is 1.67. The number of anilines is 1. The van der Waals surface area contributed by atoms with Crippen LogP contribution in [-0.2, 0) is 4.74 Å². The van der Waals surface area contributed by atoms with Gasteiger partial charge in [0.05, 0.1) is 11.5 Å². The molecule has 3 heterocycles. The Morgan fingerprint density at radius 1 is 1.41 bits per heavy atom. The molecule has 0 fully saturated rings. The minimum absolute atomic E-state index is 0.0917. The number of nitrogens with zero attached hydrogens (tertiary/aromatic N) is 1. The van der Waals surface area contributed by atoms with Gasteiger partial charge in [-0.25, -0.2) is 4.98 Å². The Morgan fingerprint density at radius 3 is 3.00 bits per heavy atom. The van der Waals surface area contributed by atoms with E-state index in [1.54, 1.807) is 14.0 Å². The maximum atomic E-state index is 11.5. The number of carbonyl (C=O) groups excluding carboxylic acids is 1. The van der Waals surface area contributed by atoms with Crippen LogP contribution in [0.2, 0.25) is 0 Å². The quantitative estimate of drug-likeness (QED) is 0.539. The fraction of sp³-hybridized carbons (Fsp3) is 0.250. The third kappa shape index (κ3) is 2.88. The van der Waals surface area contributed by atoms with Crippen molar-refractivity contribution in [2.45, 2.75) is 6.92 Å². The number of fused-ring (bicyclic) bond motifs is 1. The zero-order valence-electron chi connectivity index (χ0n) is 12.5. The molecule has 0 atom stereocenters. The molecule has 0 aromatic carbocycles. The molecule has 22 heavy (non-hydrogen) atoms. The summed E-state index contributed by atoms with van der Waals surface area (Å²) >= 11 is 1.51. The minimum atomic E-state index is 0.0917. The summed E-state index contributed by atoms with van der Waals surface area (Å²) in [6.07, 6.45) is 1.87. The number of rotatable bonds is 6. The fourth-order valence-corrected chi connectivity index (χ4v) is 3.22. The second kappa shape index (κ2) is 6.29. The molecule has 0 amide bonds. The van der Waals surface area contributed by atoms with Gasteiger partial charge in [0.15, 0.2) is 5.78 Å². The van der Waals surface area contributed by atoms with Crippen molar-refractivity contribution in [3.05, 3.63) is 35.3 Å². The molecule has 6 heteroatoms. The SMILES string of the molecule is COCCNc1cc(-c2ccc(C(C)=O)s2)c2cc[nH]c2n1. The lowest BCUT2D eigenvalue weighted by molar-refractivity contribution is 0.102.